The van der Waals surface area contributed by atoms with Crippen LogP contribution in [0.5, 0.6) is 0 Å². The number of carbonyl (C=O) groups is 1. The fourth-order valence-electron chi connectivity index (χ4n) is 3.31. The third kappa shape index (κ3) is 3.41. The fraction of sp³-hybridized carbons (Fsp3) is 0.611. The van der Waals surface area contributed by atoms with Crippen LogP contribution in [0.3, 0.4) is 0 Å². The quantitative estimate of drug-likeness (QED) is 0.859. The van der Waals surface area contributed by atoms with Gasteiger partial charge in [-0.2, -0.15) is 0 Å². The highest BCUT2D eigenvalue weighted by atomic mass is 16.6. The molecule has 0 aromatic carbocycles. The molecule has 0 saturated carbocycles. The minimum Gasteiger partial charge on any atom is -0.444 e. The lowest BCUT2D eigenvalue weighted by Gasteiger charge is -2.44. The second-order valence-electron chi connectivity index (χ2n) is 7.88. The second kappa shape index (κ2) is 6.20. The Bertz CT molecular complexity index is 779. The Morgan fingerprint density at radius 1 is 1.24 bits per heavy atom. The predicted molar refractivity (Wildman–Crippen MR) is 97.8 cm³/mol. The number of ether oxygens (including phenoxy) is 1. The number of H-pyrrole nitrogens is 1. The highest BCUT2D eigenvalue weighted by Crippen LogP contribution is 2.30. The van der Waals surface area contributed by atoms with E-state index in [2.05, 4.69) is 33.7 Å². The largest absolute Gasteiger partial charge is 0.444 e. The van der Waals surface area contributed by atoms with Gasteiger partial charge in [0.1, 0.15) is 23.4 Å². The molecule has 7 heteroatoms. The number of hydrogen-bond donors (Lipinski definition) is 1. The Hall–Kier alpha value is -2.31. The lowest BCUT2D eigenvalue weighted by atomic mass is 10.1. The number of fused-ring (bicyclic) bond motifs is 1. The molecule has 2 atom stereocenters. The first-order chi connectivity index (χ1) is 11.7. The van der Waals surface area contributed by atoms with E-state index in [0.717, 1.165) is 22.4 Å². The van der Waals surface area contributed by atoms with Crippen LogP contribution in [0.15, 0.2) is 12.5 Å². The highest BCUT2D eigenvalue weighted by Gasteiger charge is 2.35. The Labute approximate surface area is 148 Å². The van der Waals surface area contributed by atoms with E-state index in [4.69, 9.17) is 4.74 Å². The Balaban J connectivity index is 1.85. The molecule has 2 unspecified atom stereocenters. The molecule has 1 saturated heterocycles. The maximum absolute atomic E-state index is 12.5. The Kier molecular flexibility index (Phi) is 4.34. The maximum Gasteiger partial charge on any atom is 0.410 e. The van der Waals surface area contributed by atoms with Crippen molar-refractivity contribution in [3.63, 3.8) is 0 Å². The molecule has 1 amide bonds. The van der Waals surface area contributed by atoms with E-state index < -0.39 is 5.60 Å². The van der Waals surface area contributed by atoms with Crippen LogP contribution in [-0.4, -0.2) is 56.7 Å². The van der Waals surface area contributed by atoms with Gasteiger partial charge >= 0.3 is 6.09 Å². The fourth-order valence-corrected chi connectivity index (χ4v) is 3.31. The molecular formula is C18H27N5O2. The zero-order chi connectivity index (χ0) is 18.4. The zero-order valence-electron chi connectivity index (χ0n) is 15.8. The van der Waals surface area contributed by atoms with E-state index >= 15 is 0 Å². The third-order valence-corrected chi connectivity index (χ3v) is 4.53. The average Bonchev–Trinajstić information content (AvgIpc) is 2.89. The number of amides is 1. The summed E-state index contributed by atoms with van der Waals surface area (Å²) in [6.45, 7) is 13.2. The second-order valence-corrected chi connectivity index (χ2v) is 7.88. The van der Waals surface area contributed by atoms with E-state index in [-0.39, 0.29) is 18.2 Å². The first-order valence-electron chi connectivity index (χ1n) is 8.72. The van der Waals surface area contributed by atoms with Crippen molar-refractivity contribution >= 4 is 22.9 Å². The monoisotopic (exact) mass is 345 g/mol. The van der Waals surface area contributed by atoms with Crippen molar-refractivity contribution in [2.75, 3.05) is 18.0 Å². The van der Waals surface area contributed by atoms with Crippen LogP contribution in [0.1, 0.15) is 40.2 Å². The molecule has 7 nitrogen and oxygen atoms in total. The number of aromatic amines is 1. The number of nitrogens with zero attached hydrogens (tertiary/aromatic N) is 4. The molecule has 3 rings (SSSR count). The summed E-state index contributed by atoms with van der Waals surface area (Å²) in [6, 6.07) is 0.173. The number of aryl methyl sites for hydroxylation is 1. The summed E-state index contributed by atoms with van der Waals surface area (Å²) in [5, 5.41) is 1.05. The van der Waals surface area contributed by atoms with Gasteiger partial charge in [0, 0.05) is 31.4 Å². The number of anilines is 1. The van der Waals surface area contributed by atoms with Crippen LogP contribution < -0.4 is 4.90 Å². The SMILES string of the molecule is Cc1c[nH]c2ncnc(N3CC(C)N(C(=O)OC(C)(C)C)CC3C)c12. The summed E-state index contributed by atoms with van der Waals surface area (Å²) < 4.78 is 5.55. The van der Waals surface area contributed by atoms with E-state index in [1.165, 1.54) is 0 Å². The van der Waals surface area contributed by atoms with Crippen LogP contribution in [0.2, 0.25) is 0 Å². The summed E-state index contributed by atoms with van der Waals surface area (Å²) in [6.07, 6.45) is 3.29. The molecule has 136 valence electrons. The summed E-state index contributed by atoms with van der Waals surface area (Å²) in [4.78, 5) is 28.6. The lowest BCUT2D eigenvalue weighted by Crippen LogP contribution is -2.59. The molecule has 1 fully saturated rings. The molecule has 3 heterocycles. The van der Waals surface area contributed by atoms with Gasteiger partial charge in [-0.15, -0.1) is 0 Å². The van der Waals surface area contributed by atoms with Crippen molar-refractivity contribution in [3.8, 4) is 0 Å². The van der Waals surface area contributed by atoms with Gasteiger partial charge in [0.15, 0.2) is 0 Å². The first-order valence-corrected chi connectivity index (χ1v) is 8.72. The normalized spacial score (nSPS) is 21.7. The number of nitrogens with one attached hydrogen (secondary N) is 1. The molecule has 1 aliphatic heterocycles. The lowest BCUT2D eigenvalue weighted by molar-refractivity contribution is 0.0130. The summed E-state index contributed by atoms with van der Waals surface area (Å²) >= 11 is 0. The van der Waals surface area contributed by atoms with Crippen molar-refractivity contribution in [1.82, 2.24) is 19.9 Å². The van der Waals surface area contributed by atoms with Gasteiger partial charge in [-0.3, -0.25) is 0 Å². The minimum absolute atomic E-state index is 0.0373. The molecule has 0 bridgehead atoms. The van der Waals surface area contributed by atoms with Crippen molar-refractivity contribution in [2.45, 2.75) is 59.2 Å². The molecule has 1 N–H and O–H groups in total. The zero-order valence-corrected chi connectivity index (χ0v) is 15.8. The molecule has 2 aromatic heterocycles. The van der Waals surface area contributed by atoms with E-state index in [1.54, 1.807) is 6.33 Å². The topological polar surface area (TPSA) is 74.4 Å². The van der Waals surface area contributed by atoms with Gasteiger partial charge in [-0.05, 0) is 47.1 Å². The van der Waals surface area contributed by atoms with Gasteiger partial charge in [0.25, 0.3) is 0 Å². The molecular weight excluding hydrogens is 318 g/mol. The molecule has 2 aromatic rings. The summed E-state index contributed by atoms with van der Waals surface area (Å²) in [7, 11) is 0. The maximum atomic E-state index is 12.5. The minimum atomic E-state index is -0.488. The van der Waals surface area contributed by atoms with Crippen LogP contribution in [0, 0.1) is 6.92 Å². The molecule has 0 spiro atoms. The van der Waals surface area contributed by atoms with E-state index in [9.17, 15) is 4.79 Å². The van der Waals surface area contributed by atoms with Gasteiger partial charge < -0.3 is 19.5 Å². The van der Waals surface area contributed by atoms with Crippen molar-refractivity contribution < 1.29 is 9.53 Å². The summed E-state index contributed by atoms with van der Waals surface area (Å²) in [5.74, 6) is 0.923. The standard InChI is InChI=1S/C18H27N5O2/c1-11-7-19-15-14(11)16(21-10-20-15)22-8-13(3)23(9-12(22)2)17(24)25-18(4,5)6/h7,10,12-13H,8-9H2,1-6H3,(H,19,20,21). The number of rotatable bonds is 1. The molecule has 25 heavy (non-hydrogen) atoms. The molecule has 0 aliphatic carbocycles. The van der Waals surface area contributed by atoms with E-state index in [1.807, 2.05) is 38.8 Å². The third-order valence-electron chi connectivity index (χ3n) is 4.53. The molecule has 1 aliphatic rings. The number of hydrogen-bond acceptors (Lipinski definition) is 5. The van der Waals surface area contributed by atoms with Crippen molar-refractivity contribution in [1.29, 1.82) is 0 Å². The highest BCUT2D eigenvalue weighted by molar-refractivity contribution is 5.90. The van der Waals surface area contributed by atoms with Crippen LogP contribution in [0.4, 0.5) is 10.6 Å². The van der Waals surface area contributed by atoms with E-state index in [0.29, 0.717) is 13.1 Å². The number of piperazine rings is 1. The first kappa shape index (κ1) is 17.5. The number of aromatic nitrogens is 3. The van der Waals surface area contributed by atoms with Gasteiger partial charge in [0.05, 0.1) is 5.39 Å². The summed E-state index contributed by atoms with van der Waals surface area (Å²) in [5.41, 5.74) is 1.48. The van der Waals surface area contributed by atoms with Crippen LogP contribution in [-0.2, 0) is 4.74 Å². The van der Waals surface area contributed by atoms with Gasteiger partial charge in [0.2, 0.25) is 0 Å². The van der Waals surface area contributed by atoms with Gasteiger partial charge in [-0.25, -0.2) is 14.8 Å². The Morgan fingerprint density at radius 3 is 2.64 bits per heavy atom. The molecule has 0 radical (unpaired) electrons. The Morgan fingerprint density at radius 2 is 1.96 bits per heavy atom. The van der Waals surface area contributed by atoms with Crippen LogP contribution >= 0.6 is 0 Å². The smallest absolute Gasteiger partial charge is 0.410 e. The van der Waals surface area contributed by atoms with Crippen molar-refractivity contribution in [2.24, 2.45) is 0 Å². The van der Waals surface area contributed by atoms with Gasteiger partial charge in [-0.1, -0.05) is 0 Å². The van der Waals surface area contributed by atoms with Crippen molar-refractivity contribution in [3.05, 3.63) is 18.1 Å². The predicted octanol–water partition coefficient (Wildman–Crippen LogP) is 3.10. The van der Waals surface area contributed by atoms with Crippen LogP contribution in [0.25, 0.3) is 11.0 Å². The number of carbonyl (C=O) groups excluding carboxylic acids is 1. The average molecular weight is 345 g/mol.